The van der Waals surface area contributed by atoms with E-state index in [9.17, 15) is 40.8 Å². The molecule has 4 aliphatic rings. The van der Waals surface area contributed by atoms with Crippen LogP contribution in [0.3, 0.4) is 0 Å². The quantitative estimate of drug-likeness (QED) is 0.271. The predicted octanol–water partition coefficient (Wildman–Crippen LogP) is 5.15. The first-order valence-electron chi connectivity index (χ1n) is 19.7. The van der Waals surface area contributed by atoms with Gasteiger partial charge in [-0.25, -0.2) is 31.4 Å². The average Bonchev–Trinajstić information content (AvgIpc) is 4.04. The maximum Gasteiger partial charge on any atom is 0.408 e. The van der Waals surface area contributed by atoms with Gasteiger partial charge in [0, 0.05) is 23.9 Å². The van der Waals surface area contributed by atoms with Crippen molar-refractivity contribution >= 4 is 44.6 Å². The molecule has 1 aromatic heterocycles. The zero-order valence-electron chi connectivity index (χ0n) is 33.5. The van der Waals surface area contributed by atoms with Crippen molar-refractivity contribution in [3.63, 3.8) is 0 Å². The molecular formula is C40H52F3N5O9S. The highest BCUT2D eigenvalue weighted by atomic mass is 32.2. The van der Waals surface area contributed by atoms with Crippen LogP contribution in [0.1, 0.15) is 86.0 Å². The number of benzene rings is 1. The second kappa shape index (κ2) is 16.2. The number of ether oxygens (including phenoxy) is 3. The van der Waals surface area contributed by atoms with Crippen LogP contribution in [-0.2, 0) is 29.1 Å². The molecule has 18 heteroatoms. The fourth-order valence-electron chi connectivity index (χ4n) is 7.81. The van der Waals surface area contributed by atoms with Gasteiger partial charge < -0.3 is 29.7 Å². The van der Waals surface area contributed by atoms with E-state index in [2.05, 4.69) is 20.3 Å². The van der Waals surface area contributed by atoms with Crippen molar-refractivity contribution in [3.8, 4) is 11.6 Å². The fraction of sp³-hybridized carbons (Fsp3) is 0.625. The molecule has 58 heavy (non-hydrogen) atoms. The molecule has 0 radical (unpaired) electrons. The summed E-state index contributed by atoms with van der Waals surface area (Å²) in [5, 5.41) is 6.17. The molecule has 2 aliphatic carbocycles. The summed E-state index contributed by atoms with van der Waals surface area (Å²) in [5.41, 5.74) is -3.83. The van der Waals surface area contributed by atoms with Gasteiger partial charge in [-0.05, 0) is 94.7 Å². The SMILES string of the molecule is CC[C@@H]1C[C@H](C)CC/C=C\[C@@H]2C[C@@]2(C(=O)NS(=O)(=O)C2(C)CC2)NC(=O)[C@@H]2C[C@@H](Oc3nccc4cc(OC)c(F)cc34)CN2C(=O)[C@H]1NC(=O)OC(C)(C)C(F)F. The third kappa shape index (κ3) is 8.71. The number of allylic oxidation sites excluding steroid dienone is 1. The number of pyridine rings is 1. The van der Waals surface area contributed by atoms with Crippen molar-refractivity contribution in [2.45, 2.75) is 126 Å². The number of hydrogen-bond donors (Lipinski definition) is 3. The summed E-state index contributed by atoms with van der Waals surface area (Å²) in [6.45, 7) is 7.20. The average molecular weight is 836 g/mol. The van der Waals surface area contributed by atoms with Crippen molar-refractivity contribution in [1.29, 1.82) is 0 Å². The van der Waals surface area contributed by atoms with E-state index in [1.165, 1.54) is 37.3 Å². The van der Waals surface area contributed by atoms with E-state index in [-0.39, 0.29) is 36.9 Å². The number of fused-ring (bicyclic) bond motifs is 3. The Morgan fingerprint density at radius 1 is 1.17 bits per heavy atom. The first-order chi connectivity index (χ1) is 27.2. The number of aromatic nitrogens is 1. The number of nitrogens with one attached hydrogen (secondary N) is 3. The number of alkyl carbamates (subject to hydrolysis) is 1. The van der Waals surface area contributed by atoms with E-state index in [4.69, 9.17) is 14.2 Å². The summed E-state index contributed by atoms with van der Waals surface area (Å²) < 4.78 is 86.4. The molecule has 6 rings (SSSR count). The lowest BCUT2D eigenvalue weighted by Gasteiger charge is -2.34. The van der Waals surface area contributed by atoms with Gasteiger partial charge in [0.15, 0.2) is 17.2 Å². The van der Waals surface area contributed by atoms with Crippen molar-refractivity contribution in [2.75, 3.05) is 13.7 Å². The Bertz CT molecular complexity index is 2080. The molecule has 1 saturated heterocycles. The molecule has 7 atom stereocenters. The van der Waals surface area contributed by atoms with Crippen LogP contribution in [0.5, 0.6) is 11.6 Å². The highest BCUT2D eigenvalue weighted by Crippen LogP contribution is 2.48. The number of carbonyl (C=O) groups is 4. The first kappa shape index (κ1) is 43.0. The number of nitrogens with zero attached hydrogens (tertiary/aromatic N) is 2. The molecule has 0 bridgehead atoms. The second-order valence-electron chi connectivity index (χ2n) is 16.9. The van der Waals surface area contributed by atoms with E-state index >= 15 is 0 Å². The molecule has 3 heterocycles. The fourth-order valence-corrected chi connectivity index (χ4v) is 9.12. The lowest BCUT2D eigenvalue weighted by atomic mass is 9.85. The molecule has 1 aromatic carbocycles. The number of alkyl halides is 2. The molecule has 2 aromatic rings. The van der Waals surface area contributed by atoms with Gasteiger partial charge >= 0.3 is 6.09 Å². The van der Waals surface area contributed by atoms with Crippen LogP contribution in [0.25, 0.3) is 10.8 Å². The third-order valence-electron chi connectivity index (χ3n) is 12.0. The highest BCUT2D eigenvalue weighted by molar-refractivity contribution is 7.91. The number of carbonyl (C=O) groups excluding carboxylic acids is 4. The molecule has 0 unspecified atom stereocenters. The summed E-state index contributed by atoms with van der Waals surface area (Å²) in [6.07, 6.45) is 2.66. The second-order valence-corrected chi connectivity index (χ2v) is 19.1. The van der Waals surface area contributed by atoms with Crippen molar-refractivity contribution in [1.82, 2.24) is 25.2 Å². The molecule has 14 nitrogen and oxygen atoms in total. The number of sulfonamides is 1. The van der Waals surface area contributed by atoms with Gasteiger partial charge in [0.25, 0.3) is 12.3 Å². The number of methoxy groups -OCH3 is 1. The van der Waals surface area contributed by atoms with Gasteiger partial charge in [-0.2, -0.15) is 0 Å². The standard InChI is InChI=1S/C40H52F3N5O9S/c1-7-23-16-22(2)10-8-9-11-25-20-40(25,36(51)47-58(53,54)39(5)13-14-39)46-32(49)29-18-26(56-33-27-19-28(41)30(55-6)17-24(27)12-15-44-33)21-48(29)34(50)31(23)45-37(52)57-38(3,4)35(42)43/h9,11-12,15,17,19,22-23,25-26,29,31,35H,7-8,10,13-14,16,18,20-21H2,1-6H3,(H,45,52)(H,46,49)(H,47,51)/b11-9-/t22-,23-,25-,26-,29+,31+,40-/m1/s1. The lowest BCUT2D eigenvalue weighted by Crippen LogP contribution is -2.59. The van der Waals surface area contributed by atoms with Gasteiger partial charge in [-0.15, -0.1) is 0 Å². The zero-order chi connectivity index (χ0) is 42.4. The molecule has 2 saturated carbocycles. The summed E-state index contributed by atoms with van der Waals surface area (Å²) in [5.74, 6) is -4.13. The van der Waals surface area contributed by atoms with Crippen molar-refractivity contribution < 1.29 is 55.0 Å². The first-order valence-corrected chi connectivity index (χ1v) is 21.1. The topological polar surface area (TPSA) is 182 Å². The van der Waals surface area contributed by atoms with Crippen LogP contribution in [0.2, 0.25) is 0 Å². The van der Waals surface area contributed by atoms with Gasteiger partial charge in [0.2, 0.25) is 27.7 Å². The summed E-state index contributed by atoms with van der Waals surface area (Å²) in [4.78, 5) is 62.1. The van der Waals surface area contributed by atoms with E-state index in [1.54, 1.807) is 12.1 Å². The Kier molecular flexibility index (Phi) is 12.0. The molecule has 4 amide bonds. The van der Waals surface area contributed by atoms with Gasteiger partial charge in [0.05, 0.1) is 18.4 Å². The minimum absolute atomic E-state index is 0.00211. The summed E-state index contributed by atoms with van der Waals surface area (Å²) >= 11 is 0. The van der Waals surface area contributed by atoms with Crippen LogP contribution in [0.15, 0.2) is 36.5 Å². The largest absolute Gasteiger partial charge is 0.494 e. The Balaban J connectivity index is 1.37. The summed E-state index contributed by atoms with van der Waals surface area (Å²) in [6, 6.07) is 1.64. The van der Waals surface area contributed by atoms with Crippen molar-refractivity contribution in [2.24, 2.45) is 17.8 Å². The van der Waals surface area contributed by atoms with Crippen molar-refractivity contribution in [3.05, 3.63) is 42.4 Å². The molecule has 318 valence electrons. The third-order valence-corrected chi connectivity index (χ3v) is 14.2. The van der Waals surface area contributed by atoms with Crippen LogP contribution in [-0.4, -0.2) is 96.3 Å². The smallest absolute Gasteiger partial charge is 0.408 e. The number of amides is 4. The highest BCUT2D eigenvalue weighted by Gasteiger charge is 2.63. The van der Waals surface area contributed by atoms with Crippen LogP contribution < -0.4 is 24.8 Å². The van der Waals surface area contributed by atoms with E-state index in [0.717, 1.165) is 13.8 Å². The molecule has 0 spiro atoms. The molecule has 3 N–H and O–H groups in total. The minimum Gasteiger partial charge on any atom is -0.494 e. The van der Waals surface area contributed by atoms with Crippen LogP contribution in [0, 0.1) is 23.6 Å². The molecular weight excluding hydrogens is 784 g/mol. The Morgan fingerprint density at radius 2 is 1.90 bits per heavy atom. The number of hydrogen-bond acceptors (Lipinski definition) is 10. The minimum atomic E-state index is -4.08. The van der Waals surface area contributed by atoms with Gasteiger partial charge in [0.1, 0.15) is 23.7 Å². The Hall–Kier alpha value is -4.61. The van der Waals surface area contributed by atoms with E-state index in [0.29, 0.717) is 49.3 Å². The van der Waals surface area contributed by atoms with E-state index in [1.807, 2.05) is 19.9 Å². The zero-order valence-corrected chi connectivity index (χ0v) is 34.3. The Morgan fingerprint density at radius 3 is 2.55 bits per heavy atom. The van der Waals surface area contributed by atoms with Crippen LogP contribution >= 0.6 is 0 Å². The number of halogens is 3. The monoisotopic (exact) mass is 835 g/mol. The maximum absolute atomic E-state index is 14.9. The van der Waals surface area contributed by atoms with Gasteiger partial charge in [-0.1, -0.05) is 32.4 Å². The molecule has 3 fully saturated rings. The predicted molar refractivity (Wildman–Crippen MR) is 206 cm³/mol. The number of rotatable bonds is 10. The Labute approximate surface area is 336 Å². The van der Waals surface area contributed by atoms with Gasteiger partial charge in [-0.3, -0.25) is 19.1 Å². The lowest BCUT2D eigenvalue weighted by molar-refractivity contribution is -0.142. The molecule has 2 aliphatic heterocycles. The van der Waals surface area contributed by atoms with Crippen LogP contribution in [0.4, 0.5) is 18.0 Å². The summed E-state index contributed by atoms with van der Waals surface area (Å²) in [7, 11) is -2.75. The van der Waals surface area contributed by atoms with E-state index < -0.39 is 92.0 Å². The maximum atomic E-state index is 14.9. The normalized spacial score (nSPS) is 29.2.